The van der Waals surface area contributed by atoms with Crippen LogP contribution in [0.5, 0.6) is 11.5 Å². The first-order chi connectivity index (χ1) is 10.8. The molecule has 1 aliphatic heterocycles. The number of thioether (sulfide) groups is 1. The number of hydrogen-bond acceptors (Lipinski definition) is 6. The fourth-order valence-electron chi connectivity index (χ4n) is 1.87. The molecule has 0 atom stereocenters. The zero-order valence-corrected chi connectivity index (χ0v) is 14.3. The summed E-state index contributed by atoms with van der Waals surface area (Å²) in [4.78, 5) is 24.2. The number of phenols is 1. The van der Waals surface area contributed by atoms with E-state index in [4.69, 9.17) is 33.7 Å². The third kappa shape index (κ3) is 3.95. The summed E-state index contributed by atoms with van der Waals surface area (Å²) in [6.45, 7) is 1.62. The number of aromatic hydroxyl groups is 1. The van der Waals surface area contributed by atoms with Crippen LogP contribution in [0.2, 0.25) is 5.02 Å². The average Bonchev–Trinajstić information content (AvgIpc) is 2.72. The van der Waals surface area contributed by atoms with Crippen LogP contribution < -0.4 is 4.74 Å². The van der Waals surface area contributed by atoms with Crippen molar-refractivity contribution in [2.24, 2.45) is 0 Å². The molecule has 0 radical (unpaired) electrons. The molecular formula is C14H12ClNO5S2. The fraction of sp³-hybridized carbons (Fsp3) is 0.214. The minimum Gasteiger partial charge on any atom is -0.503 e. The van der Waals surface area contributed by atoms with Crippen molar-refractivity contribution in [2.45, 2.75) is 6.92 Å². The number of rotatable bonds is 5. The largest absolute Gasteiger partial charge is 0.503 e. The Bertz CT molecular complexity index is 719. The Kier molecular flexibility index (Phi) is 5.51. The van der Waals surface area contributed by atoms with Gasteiger partial charge >= 0.3 is 5.97 Å². The summed E-state index contributed by atoms with van der Waals surface area (Å²) in [5, 5.41) is 18.7. The van der Waals surface area contributed by atoms with Crippen molar-refractivity contribution in [3.05, 3.63) is 27.6 Å². The predicted molar refractivity (Wildman–Crippen MR) is 91.8 cm³/mol. The van der Waals surface area contributed by atoms with Crippen molar-refractivity contribution in [3.8, 4) is 11.5 Å². The minimum absolute atomic E-state index is 0.0863. The molecule has 9 heteroatoms. The molecule has 23 heavy (non-hydrogen) atoms. The SMILES string of the molecule is CCOc1cc(/C=C2/SC(=S)N(CC(=O)O)C2=O)cc(Cl)c1O. The third-order valence-electron chi connectivity index (χ3n) is 2.82. The van der Waals surface area contributed by atoms with Crippen molar-refractivity contribution in [1.82, 2.24) is 4.90 Å². The normalized spacial score (nSPS) is 16.3. The molecule has 6 nitrogen and oxygen atoms in total. The number of nitrogens with zero attached hydrogens (tertiary/aromatic N) is 1. The summed E-state index contributed by atoms with van der Waals surface area (Å²) in [6.07, 6.45) is 1.52. The Labute approximate surface area is 146 Å². The van der Waals surface area contributed by atoms with Crippen molar-refractivity contribution in [2.75, 3.05) is 13.2 Å². The lowest BCUT2D eigenvalue weighted by atomic mass is 10.2. The Morgan fingerprint density at radius 1 is 1.52 bits per heavy atom. The van der Waals surface area contributed by atoms with Gasteiger partial charge in [-0.2, -0.15) is 0 Å². The standard InChI is InChI=1S/C14H12ClNO5S2/c1-2-21-9-4-7(3-8(15)12(9)19)5-10-13(20)16(6-11(17)18)14(22)23-10/h3-5,19H,2,6H2,1H3,(H,17,18)/b10-5+. The van der Waals surface area contributed by atoms with Gasteiger partial charge in [-0.15, -0.1) is 0 Å². The van der Waals surface area contributed by atoms with E-state index in [2.05, 4.69) is 0 Å². The number of thiocarbonyl (C=S) groups is 1. The number of carbonyl (C=O) groups is 2. The molecule has 122 valence electrons. The molecule has 1 heterocycles. The van der Waals surface area contributed by atoms with Crippen molar-refractivity contribution in [3.63, 3.8) is 0 Å². The van der Waals surface area contributed by atoms with E-state index in [9.17, 15) is 14.7 Å². The Morgan fingerprint density at radius 2 is 2.22 bits per heavy atom. The molecule has 0 unspecified atom stereocenters. The molecule has 2 N–H and O–H groups in total. The minimum atomic E-state index is -1.14. The van der Waals surface area contributed by atoms with Crippen molar-refractivity contribution in [1.29, 1.82) is 0 Å². The van der Waals surface area contributed by atoms with Gasteiger partial charge in [-0.25, -0.2) is 0 Å². The van der Waals surface area contributed by atoms with Gasteiger partial charge in [0.1, 0.15) is 10.9 Å². The van der Waals surface area contributed by atoms with Crippen LogP contribution in [-0.2, 0) is 9.59 Å². The van der Waals surface area contributed by atoms with E-state index in [0.717, 1.165) is 16.7 Å². The van der Waals surface area contributed by atoms with Gasteiger partial charge in [0.05, 0.1) is 16.5 Å². The summed E-state index contributed by atoms with van der Waals surface area (Å²) < 4.78 is 5.45. The zero-order valence-electron chi connectivity index (χ0n) is 11.9. The van der Waals surface area contributed by atoms with Crippen LogP contribution in [0.1, 0.15) is 12.5 Å². The lowest BCUT2D eigenvalue weighted by molar-refractivity contribution is -0.140. The number of benzene rings is 1. The summed E-state index contributed by atoms with van der Waals surface area (Å²) in [6, 6.07) is 3.01. The lowest BCUT2D eigenvalue weighted by Crippen LogP contribution is -2.33. The first-order valence-corrected chi connectivity index (χ1v) is 8.06. The van der Waals surface area contributed by atoms with Gasteiger partial charge in [0.15, 0.2) is 11.5 Å². The lowest BCUT2D eigenvalue weighted by Gasteiger charge is -2.10. The molecule has 0 bridgehead atoms. The number of carboxylic acid groups (broad SMARTS) is 1. The van der Waals surface area contributed by atoms with Gasteiger partial charge in [0.2, 0.25) is 0 Å². The predicted octanol–water partition coefficient (Wildman–Crippen LogP) is 2.73. The van der Waals surface area contributed by atoms with Crippen LogP contribution in [0.25, 0.3) is 6.08 Å². The monoisotopic (exact) mass is 373 g/mol. The number of halogens is 1. The molecular weight excluding hydrogens is 362 g/mol. The molecule has 1 amide bonds. The van der Waals surface area contributed by atoms with E-state index >= 15 is 0 Å². The Balaban J connectivity index is 2.34. The summed E-state index contributed by atoms with van der Waals surface area (Å²) in [5.41, 5.74) is 0.534. The van der Waals surface area contributed by atoms with Gasteiger partial charge in [-0.3, -0.25) is 14.5 Å². The maximum absolute atomic E-state index is 12.2. The quantitative estimate of drug-likeness (QED) is 0.606. The van der Waals surface area contributed by atoms with E-state index in [-0.39, 0.29) is 25.7 Å². The number of hydrogen-bond donors (Lipinski definition) is 2. The smallest absolute Gasteiger partial charge is 0.323 e. The van der Waals surface area contributed by atoms with Gasteiger partial charge in [-0.1, -0.05) is 35.6 Å². The highest BCUT2D eigenvalue weighted by Crippen LogP contribution is 2.38. The van der Waals surface area contributed by atoms with Gasteiger partial charge in [0.25, 0.3) is 5.91 Å². The highest BCUT2D eigenvalue weighted by molar-refractivity contribution is 8.26. The molecule has 0 spiro atoms. The van der Waals surface area contributed by atoms with E-state index in [1.807, 2.05) is 0 Å². The summed E-state index contributed by atoms with van der Waals surface area (Å²) in [5.74, 6) is -1.60. The second kappa shape index (κ2) is 7.20. The molecule has 0 aromatic heterocycles. The maximum Gasteiger partial charge on any atom is 0.323 e. The highest BCUT2D eigenvalue weighted by Gasteiger charge is 2.33. The van der Waals surface area contributed by atoms with Crippen LogP contribution in [0, 0.1) is 0 Å². The van der Waals surface area contributed by atoms with Crippen molar-refractivity contribution < 1.29 is 24.5 Å². The molecule has 1 aliphatic rings. The Morgan fingerprint density at radius 3 is 2.83 bits per heavy atom. The zero-order chi connectivity index (χ0) is 17.1. The van der Waals surface area contributed by atoms with Gasteiger partial charge in [0, 0.05) is 0 Å². The number of aliphatic carboxylic acids is 1. The van der Waals surface area contributed by atoms with E-state index in [0.29, 0.717) is 12.2 Å². The second-order valence-corrected chi connectivity index (χ2v) is 6.53. The number of amides is 1. The molecule has 0 aliphatic carbocycles. The number of ether oxygens (including phenoxy) is 1. The number of phenolic OH excluding ortho intramolecular Hbond substituents is 1. The Hall–Kier alpha value is -1.77. The highest BCUT2D eigenvalue weighted by atomic mass is 35.5. The van der Waals surface area contributed by atoms with E-state index in [1.54, 1.807) is 6.92 Å². The molecule has 2 rings (SSSR count). The molecule has 1 aromatic rings. The average molecular weight is 374 g/mol. The van der Waals surface area contributed by atoms with Crippen LogP contribution >= 0.6 is 35.6 Å². The molecule has 1 aromatic carbocycles. The summed E-state index contributed by atoms with van der Waals surface area (Å²) >= 11 is 12.0. The van der Waals surface area contributed by atoms with Gasteiger partial charge < -0.3 is 14.9 Å². The van der Waals surface area contributed by atoms with Crippen LogP contribution in [0.3, 0.4) is 0 Å². The number of carbonyl (C=O) groups excluding carboxylic acids is 1. The van der Waals surface area contributed by atoms with E-state index < -0.39 is 18.4 Å². The van der Waals surface area contributed by atoms with Crippen LogP contribution in [-0.4, -0.2) is 44.5 Å². The number of carboxylic acids is 1. The molecule has 0 saturated carbocycles. The maximum atomic E-state index is 12.2. The first-order valence-electron chi connectivity index (χ1n) is 6.46. The van der Waals surface area contributed by atoms with Crippen LogP contribution in [0.15, 0.2) is 17.0 Å². The summed E-state index contributed by atoms with van der Waals surface area (Å²) in [7, 11) is 0. The first kappa shape index (κ1) is 17.6. The second-order valence-electron chi connectivity index (χ2n) is 4.44. The van der Waals surface area contributed by atoms with E-state index in [1.165, 1.54) is 18.2 Å². The fourth-order valence-corrected chi connectivity index (χ4v) is 3.34. The molecule has 1 fully saturated rings. The van der Waals surface area contributed by atoms with Crippen molar-refractivity contribution >= 4 is 57.9 Å². The molecule has 1 saturated heterocycles. The van der Waals surface area contributed by atoms with Crippen LogP contribution in [0.4, 0.5) is 0 Å². The topological polar surface area (TPSA) is 87.1 Å². The third-order valence-corrected chi connectivity index (χ3v) is 4.48. The van der Waals surface area contributed by atoms with Gasteiger partial charge in [-0.05, 0) is 30.7 Å².